The van der Waals surface area contributed by atoms with Crippen molar-refractivity contribution >= 4 is 22.2 Å². The molecule has 1 fully saturated rings. The Morgan fingerprint density at radius 3 is 2.75 bits per heavy atom. The van der Waals surface area contributed by atoms with E-state index in [2.05, 4.69) is 15.3 Å². The number of carbonyl (C=O) groups is 1. The molecule has 4 aromatic rings. The zero-order valence-corrected chi connectivity index (χ0v) is 15.3. The maximum atomic E-state index is 13.0. The SMILES string of the molecule is O=C(c1cnn2c(-c3ccc4cn[nH]c(=O)c4c3)cccc12)N1CCCCC1. The summed E-state index contributed by atoms with van der Waals surface area (Å²) >= 11 is 0. The number of nitrogens with one attached hydrogen (secondary N) is 1. The molecular formula is C21H19N5O2. The number of pyridine rings is 1. The molecule has 0 saturated carbocycles. The van der Waals surface area contributed by atoms with Gasteiger partial charge in [-0.25, -0.2) is 9.61 Å². The van der Waals surface area contributed by atoms with Gasteiger partial charge < -0.3 is 4.90 Å². The lowest BCUT2D eigenvalue weighted by Gasteiger charge is -2.26. The molecule has 1 aliphatic heterocycles. The Balaban J connectivity index is 1.62. The van der Waals surface area contributed by atoms with Gasteiger partial charge in [-0.1, -0.05) is 18.2 Å². The number of likely N-dealkylation sites (tertiary alicyclic amines) is 1. The number of aromatic nitrogens is 4. The molecule has 0 bridgehead atoms. The molecule has 0 aliphatic carbocycles. The van der Waals surface area contributed by atoms with E-state index in [9.17, 15) is 9.59 Å². The van der Waals surface area contributed by atoms with Crippen LogP contribution in [0.5, 0.6) is 0 Å². The van der Waals surface area contributed by atoms with E-state index in [-0.39, 0.29) is 11.5 Å². The molecule has 4 heterocycles. The highest BCUT2D eigenvalue weighted by Crippen LogP contribution is 2.25. The predicted molar refractivity (Wildman–Crippen MR) is 106 cm³/mol. The lowest BCUT2D eigenvalue weighted by Crippen LogP contribution is -2.35. The molecule has 3 aromatic heterocycles. The number of H-pyrrole nitrogens is 1. The van der Waals surface area contributed by atoms with Crippen LogP contribution >= 0.6 is 0 Å². The summed E-state index contributed by atoms with van der Waals surface area (Å²) in [4.78, 5) is 27.0. The van der Waals surface area contributed by atoms with Crippen molar-refractivity contribution in [3.63, 3.8) is 0 Å². The van der Waals surface area contributed by atoms with Crippen LogP contribution in [0.2, 0.25) is 0 Å². The van der Waals surface area contributed by atoms with Gasteiger partial charge >= 0.3 is 0 Å². The second-order valence-electron chi connectivity index (χ2n) is 7.12. The number of amides is 1. The summed E-state index contributed by atoms with van der Waals surface area (Å²) in [7, 11) is 0. The summed E-state index contributed by atoms with van der Waals surface area (Å²) in [5.74, 6) is 0.0351. The largest absolute Gasteiger partial charge is 0.339 e. The third kappa shape index (κ3) is 2.67. The first kappa shape index (κ1) is 16.7. The molecule has 1 aliphatic rings. The van der Waals surface area contributed by atoms with Crippen molar-refractivity contribution in [1.82, 2.24) is 24.7 Å². The van der Waals surface area contributed by atoms with E-state index in [1.54, 1.807) is 16.9 Å². The Morgan fingerprint density at radius 2 is 1.89 bits per heavy atom. The summed E-state index contributed by atoms with van der Waals surface area (Å²) in [6.45, 7) is 1.61. The topological polar surface area (TPSA) is 83.4 Å². The molecule has 28 heavy (non-hydrogen) atoms. The molecule has 1 amide bonds. The van der Waals surface area contributed by atoms with E-state index < -0.39 is 0 Å². The lowest BCUT2D eigenvalue weighted by molar-refractivity contribution is 0.0726. The van der Waals surface area contributed by atoms with Crippen LogP contribution in [0.25, 0.3) is 27.5 Å². The van der Waals surface area contributed by atoms with Crippen molar-refractivity contribution in [2.45, 2.75) is 19.3 Å². The van der Waals surface area contributed by atoms with Crippen molar-refractivity contribution in [1.29, 1.82) is 0 Å². The van der Waals surface area contributed by atoms with Gasteiger partial charge in [0.15, 0.2) is 0 Å². The van der Waals surface area contributed by atoms with Gasteiger partial charge in [0.05, 0.1) is 34.6 Å². The highest BCUT2D eigenvalue weighted by Gasteiger charge is 2.22. The zero-order chi connectivity index (χ0) is 19.1. The number of hydrogen-bond acceptors (Lipinski definition) is 4. The van der Waals surface area contributed by atoms with Crippen LogP contribution in [-0.2, 0) is 0 Å². The van der Waals surface area contributed by atoms with Crippen molar-refractivity contribution < 1.29 is 4.79 Å². The van der Waals surface area contributed by atoms with Crippen LogP contribution in [0.1, 0.15) is 29.6 Å². The van der Waals surface area contributed by atoms with Crippen LogP contribution < -0.4 is 5.56 Å². The Labute approximate surface area is 160 Å². The summed E-state index contributed by atoms with van der Waals surface area (Å²) in [6.07, 6.45) is 6.56. The normalized spacial score (nSPS) is 14.6. The number of nitrogens with zero attached hydrogens (tertiary/aromatic N) is 4. The zero-order valence-electron chi connectivity index (χ0n) is 15.3. The first-order chi connectivity index (χ1) is 13.7. The lowest BCUT2D eigenvalue weighted by atomic mass is 10.1. The second-order valence-corrected chi connectivity index (χ2v) is 7.12. The smallest absolute Gasteiger partial charge is 0.272 e. The first-order valence-corrected chi connectivity index (χ1v) is 9.46. The first-order valence-electron chi connectivity index (χ1n) is 9.46. The molecule has 7 heteroatoms. The Morgan fingerprint density at radius 1 is 1.04 bits per heavy atom. The molecular weight excluding hydrogens is 354 g/mol. The van der Waals surface area contributed by atoms with Gasteiger partial charge in [-0.15, -0.1) is 0 Å². The fourth-order valence-electron chi connectivity index (χ4n) is 3.91. The van der Waals surface area contributed by atoms with Gasteiger partial charge in [0.2, 0.25) is 0 Å². The van der Waals surface area contributed by atoms with E-state index >= 15 is 0 Å². The molecule has 1 aromatic carbocycles. The van der Waals surface area contributed by atoms with E-state index in [1.807, 2.05) is 41.3 Å². The van der Waals surface area contributed by atoms with Crippen LogP contribution in [0.15, 0.2) is 53.6 Å². The van der Waals surface area contributed by atoms with Gasteiger partial charge in [0, 0.05) is 24.0 Å². The monoisotopic (exact) mass is 373 g/mol. The molecule has 0 unspecified atom stereocenters. The average molecular weight is 373 g/mol. The number of hydrogen-bond donors (Lipinski definition) is 1. The van der Waals surface area contributed by atoms with Gasteiger partial charge in [-0.05, 0) is 37.5 Å². The van der Waals surface area contributed by atoms with Crippen LogP contribution in [0.3, 0.4) is 0 Å². The molecule has 0 radical (unpaired) electrons. The number of carbonyl (C=O) groups excluding carboxylic acids is 1. The molecule has 140 valence electrons. The molecule has 5 rings (SSSR count). The maximum Gasteiger partial charge on any atom is 0.272 e. The fourth-order valence-corrected chi connectivity index (χ4v) is 3.91. The van der Waals surface area contributed by atoms with Crippen molar-refractivity contribution in [2.24, 2.45) is 0 Å². The van der Waals surface area contributed by atoms with Crippen LogP contribution in [-0.4, -0.2) is 43.7 Å². The predicted octanol–water partition coefficient (Wildman–Crippen LogP) is 2.86. The van der Waals surface area contributed by atoms with Gasteiger partial charge in [0.1, 0.15) is 0 Å². The third-order valence-electron chi connectivity index (χ3n) is 5.38. The summed E-state index contributed by atoms with van der Waals surface area (Å²) in [5.41, 5.74) is 2.85. The minimum absolute atomic E-state index is 0.0351. The van der Waals surface area contributed by atoms with E-state index in [4.69, 9.17) is 0 Å². The van der Waals surface area contributed by atoms with Crippen LogP contribution in [0.4, 0.5) is 0 Å². The quantitative estimate of drug-likeness (QED) is 0.586. The number of fused-ring (bicyclic) bond motifs is 2. The van der Waals surface area contributed by atoms with E-state index in [0.29, 0.717) is 10.9 Å². The fraction of sp³-hybridized carbons (Fsp3) is 0.238. The molecule has 0 spiro atoms. The van der Waals surface area contributed by atoms with Crippen molar-refractivity contribution in [2.75, 3.05) is 13.1 Å². The Bertz CT molecular complexity index is 1250. The molecule has 1 saturated heterocycles. The highest BCUT2D eigenvalue weighted by atomic mass is 16.2. The van der Waals surface area contributed by atoms with Gasteiger partial charge in [-0.3, -0.25) is 9.59 Å². The summed E-state index contributed by atoms with van der Waals surface area (Å²) < 4.78 is 1.77. The van der Waals surface area contributed by atoms with E-state index in [1.165, 1.54) is 6.42 Å². The maximum absolute atomic E-state index is 13.0. The third-order valence-corrected chi connectivity index (χ3v) is 5.38. The van der Waals surface area contributed by atoms with Crippen molar-refractivity contribution in [3.8, 4) is 11.3 Å². The van der Waals surface area contributed by atoms with E-state index in [0.717, 1.165) is 48.1 Å². The Kier molecular flexibility index (Phi) is 3.93. The number of piperidine rings is 1. The van der Waals surface area contributed by atoms with Crippen LogP contribution in [0, 0.1) is 0 Å². The standard InChI is InChI=1S/C21H19N5O2/c27-20-16-11-14(7-8-15(16)12-22-24-20)18-5-4-6-19-17(13-23-26(18)19)21(28)25-9-2-1-3-10-25/h4-8,11-13H,1-3,9-10H2,(H,24,27). The number of aromatic amines is 1. The van der Waals surface area contributed by atoms with Gasteiger partial charge in [0.25, 0.3) is 11.5 Å². The highest BCUT2D eigenvalue weighted by molar-refractivity contribution is 6.01. The molecule has 7 nitrogen and oxygen atoms in total. The molecule has 1 N–H and O–H groups in total. The minimum Gasteiger partial charge on any atom is -0.339 e. The molecule has 0 atom stereocenters. The summed E-state index contributed by atoms with van der Waals surface area (Å²) in [6, 6.07) is 11.4. The van der Waals surface area contributed by atoms with Crippen molar-refractivity contribution in [3.05, 3.63) is 64.7 Å². The number of benzene rings is 1. The Hall–Kier alpha value is -3.48. The van der Waals surface area contributed by atoms with Gasteiger partial charge in [-0.2, -0.15) is 10.2 Å². The number of rotatable bonds is 2. The average Bonchev–Trinajstić information content (AvgIpc) is 3.18. The second kappa shape index (κ2) is 6.60. The minimum atomic E-state index is -0.229. The summed E-state index contributed by atoms with van der Waals surface area (Å²) in [5, 5.41) is 12.1.